The van der Waals surface area contributed by atoms with E-state index in [1.807, 2.05) is 54.6 Å². The van der Waals surface area contributed by atoms with Gasteiger partial charge < -0.3 is 15.5 Å². The Bertz CT molecular complexity index is 1440. The van der Waals surface area contributed by atoms with Crippen molar-refractivity contribution in [2.45, 2.75) is 30.7 Å². The van der Waals surface area contributed by atoms with Crippen molar-refractivity contribution in [1.29, 1.82) is 0 Å². The van der Waals surface area contributed by atoms with Crippen molar-refractivity contribution in [1.82, 2.24) is 10.2 Å². The van der Waals surface area contributed by atoms with Gasteiger partial charge in [0.15, 0.2) is 0 Å². The Morgan fingerprint density at radius 3 is 2.36 bits per heavy atom. The second-order valence-corrected chi connectivity index (χ2v) is 13.1. The number of sulfonamides is 1. The van der Waals surface area contributed by atoms with Gasteiger partial charge in [0.1, 0.15) is 0 Å². The molecule has 0 aliphatic carbocycles. The molecule has 2 N–H and O–H groups in total. The van der Waals surface area contributed by atoms with E-state index in [9.17, 15) is 13.2 Å². The summed E-state index contributed by atoms with van der Waals surface area (Å²) in [4.78, 5) is 15.2. The molecule has 1 unspecified atom stereocenters. The van der Waals surface area contributed by atoms with Crippen molar-refractivity contribution in [3.63, 3.8) is 0 Å². The van der Waals surface area contributed by atoms with E-state index in [1.165, 1.54) is 6.26 Å². The lowest BCUT2D eigenvalue weighted by atomic mass is 9.74. The number of urea groups is 1. The Kier molecular flexibility index (Phi) is 8.10. The van der Waals surface area contributed by atoms with Gasteiger partial charge in [-0.1, -0.05) is 65.7 Å². The number of piperidine rings is 1. The molecule has 0 radical (unpaired) electrons. The second kappa shape index (κ2) is 11.4. The third-order valence-electron chi connectivity index (χ3n) is 7.82. The van der Waals surface area contributed by atoms with E-state index in [4.69, 9.17) is 23.2 Å². The Labute approximate surface area is 240 Å². The van der Waals surface area contributed by atoms with Crippen molar-refractivity contribution < 1.29 is 13.2 Å². The zero-order valence-corrected chi connectivity index (χ0v) is 24.1. The van der Waals surface area contributed by atoms with Gasteiger partial charge in [-0.15, -0.1) is 0 Å². The molecule has 39 heavy (non-hydrogen) atoms. The average molecular weight is 588 g/mol. The van der Waals surface area contributed by atoms with Gasteiger partial charge in [-0.05, 0) is 73.8 Å². The maximum absolute atomic E-state index is 12.8. The van der Waals surface area contributed by atoms with Crippen LogP contribution in [0.3, 0.4) is 0 Å². The highest BCUT2D eigenvalue weighted by molar-refractivity contribution is 7.92. The molecule has 1 atom stereocenters. The zero-order valence-electron chi connectivity index (χ0n) is 21.7. The molecule has 2 heterocycles. The number of carbonyl (C=O) groups is 1. The topological polar surface area (TPSA) is 81.8 Å². The minimum atomic E-state index is -3.34. The summed E-state index contributed by atoms with van der Waals surface area (Å²) in [5.74, 6) is 0. The lowest BCUT2D eigenvalue weighted by molar-refractivity contribution is 0.161. The minimum Gasteiger partial charge on any atom is -0.331 e. The Morgan fingerprint density at radius 2 is 1.67 bits per heavy atom. The molecule has 3 aromatic carbocycles. The highest BCUT2D eigenvalue weighted by Crippen LogP contribution is 2.47. The number of hydrogen-bond acceptors (Lipinski definition) is 4. The molecule has 2 amide bonds. The first-order valence-electron chi connectivity index (χ1n) is 13.0. The number of benzene rings is 3. The van der Waals surface area contributed by atoms with E-state index in [2.05, 4.69) is 21.6 Å². The fourth-order valence-electron chi connectivity index (χ4n) is 5.72. The van der Waals surface area contributed by atoms with Crippen LogP contribution in [-0.2, 0) is 15.4 Å². The van der Waals surface area contributed by atoms with Gasteiger partial charge in [-0.3, -0.25) is 4.31 Å². The second-order valence-electron chi connectivity index (χ2n) is 10.4. The number of amides is 2. The molecule has 1 fully saturated rings. The summed E-state index contributed by atoms with van der Waals surface area (Å²) in [5, 5.41) is 6.90. The van der Waals surface area contributed by atoms with Crippen LogP contribution in [0.1, 0.15) is 36.4 Å². The summed E-state index contributed by atoms with van der Waals surface area (Å²) < 4.78 is 26.6. The van der Waals surface area contributed by atoms with Gasteiger partial charge >= 0.3 is 6.03 Å². The third-order valence-corrected chi connectivity index (χ3v) is 9.69. The molecule has 10 heteroatoms. The average Bonchev–Trinajstić information content (AvgIpc) is 3.24. The van der Waals surface area contributed by atoms with E-state index >= 15 is 0 Å². The van der Waals surface area contributed by atoms with Gasteiger partial charge in [-0.2, -0.15) is 0 Å². The number of rotatable bonds is 7. The van der Waals surface area contributed by atoms with E-state index in [0.717, 1.165) is 49.3 Å². The fourth-order valence-corrected chi connectivity index (χ4v) is 7.03. The highest BCUT2D eigenvalue weighted by Gasteiger charge is 2.46. The van der Waals surface area contributed by atoms with Crippen molar-refractivity contribution >= 4 is 50.6 Å². The van der Waals surface area contributed by atoms with E-state index in [-0.39, 0.29) is 17.5 Å². The molecule has 7 nitrogen and oxygen atoms in total. The number of nitrogens with one attached hydrogen (secondary N) is 2. The van der Waals surface area contributed by atoms with Crippen LogP contribution in [-0.4, -0.2) is 51.8 Å². The minimum absolute atomic E-state index is 0.174. The Morgan fingerprint density at radius 1 is 0.974 bits per heavy atom. The lowest BCUT2D eigenvalue weighted by Gasteiger charge is -2.40. The third kappa shape index (κ3) is 6.19. The van der Waals surface area contributed by atoms with Crippen LogP contribution in [0.2, 0.25) is 10.0 Å². The molecule has 1 spiro atoms. The van der Waals surface area contributed by atoms with Gasteiger partial charge in [-0.25, -0.2) is 13.2 Å². The first-order valence-corrected chi connectivity index (χ1v) is 15.6. The first-order chi connectivity index (χ1) is 18.6. The maximum atomic E-state index is 12.8. The Hall–Kier alpha value is -2.78. The SMILES string of the molecule is CS(=O)(=O)N1CC2(CCN(CCC(NC(=O)Nc3ccccc3)c3ccc(Cl)c(Cl)c3)CC2)c2ccccc21. The molecule has 2 aliphatic rings. The van der Waals surface area contributed by atoms with Crippen molar-refractivity contribution in [3.8, 4) is 0 Å². The molecule has 5 rings (SSSR count). The summed E-state index contributed by atoms with van der Waals surface area (Å²) in [6.45, 7) is 2.95. The van der Waals surface area contributed by atoms with Gasteiger partial charge in [0, 0.05) is 24.2 Å². The van der Waals surface area contributed by atoms with E-state index < -0.39 is 10.0 Å². The summed E-state index contributed by atoms with van der Waals surface area (Å²) in [6, 6.07) is 22.1. The van der Waals surface area contributed by atoms with Gasteiger partial charge in [0.25, 0.3) is 0 Å². The molecule has 206 valence electrons. The molecule has 1 saturated heterocycles. The number of halogens is 2. The quantitative estimate of drug-likeness (QED) is 0.352. The summed E-state index contributed by atoms with van der Waals surface area (Å²) in [6.07, 6.45) is 3.70. The first kappa shape index (κ1) is 27.8. The molecular formula is C29H32Cl2N4O3S. The fraction of sp³-hybridized carbons (Fsp3) is 0.345. The molecule has 2 aliphatic heterocycles. The summed E-state index contributed by atoms with van der Waals surface area (Å²) in [7, 11) is -3.34. The maximum Gasteiger partial charge on any atom is 0.319 e. The highest BCUT2D eigenvalue weighted by atomic mass is 35.5. The van der Waals surface area contributed by atoms with Crippen molar-refractivity contribution in [2.75, 3.05) is 42.1 Å². The molecule has 0 aromatic heterocycles. The molecule has 0 saturated carbocycles. The van der Waals surface area contributed by atoms with Gasteiger partial charge in [0.2, 0.25) is 10.0 Å². The van der Waals surface area contributed by atoms with E-state index in [0.29, 0.717) is 28.7 Å². The van der Waals surface area contributed by atoms with Crippen LogP contribution in [0.5, 0.6) is 0 Å². The van der Waals surface area contributed by atoms with Crippen LogP contribution in [0, 0.1) is 0 Å². The number of carbonyl (C=O) groups excluding carboxylic acids is 1. The number of fused-ring (bicyclic) bond motifs is 2. The lowest BCUT2D eigenvalue weighted by Crippen LogP contribution is -2.46. The standard InChI is InChI=1S/C29H32Cl2N4O3S/c1-39(37,38)35-20-29(23-9-5-6-10-27(23)35)14-17-34(18-15-29)16-13-26(21-11-12-24(30)25(31)19-21)33-28(36)32-22-7-3-2-4-8-22/h2-12,19,26H,13-18,20H2,1H3,(H2,32,33,36). The normalized spacial score (nSPS) is 17.6. The predicted octanol–water partition coefficient (Wildman–Crippen LogP) is 6.06. The predicted molar refractivity (Wildman–Crippen MR) is 158 cm³/mol. The smallest absolute Gasteiger partial charge is 0.319 e. The van der Waals surface area contributed by atoms with Crippen LogP contribution in [0.15, 0.2) is 72.8 Å². The van der Waals surface area contributed by atoms with Crippen LogP contribution in [0.25, 0.3) is 0 Å². The number of likely N-dealkylation sites (tertiary alicyclic amines) is 1. The van der Waals surface area contributed by atoms with Crippen molar-refractivity contribution in [3.05, 3.63) is 94.0 Å². The number of hydrogen-bond donors (Lipinski definition) is 2. The monoisotopic (exact) mass is 586 g/mol. The molecular weight excluding hydrogens is 555 g/mol. The van der Waals surface area contributed by atoms with Gasteiger partial charge in [0.05, 0.1) is 28.0 Å². The number of para-hydroxylation sites is 2. The Balaban J connectivity index is 1.26. The van der Waals surface area contributed by atoms with Crippen molar-refractivity contribution in [2.24, 2.45) is 0 Å². The van der Waals surface area contributed by atoms with E-state index in [1.54, 1.807) is 16.4 Å². The number of nitrogens with zero attached hydrogens (tertiary/aromatic N) is 2. The van der Waals surface area contributed by atoms with Crippen LogP contribution in [0.4, 0.5) is 16.2 Å². The summed E-state index contributed by atoms with van der Waals surface area (Å²) >= 11 is 12.5. The molecule has 3 aromatic rings. The van der Waals surface area contributed by atoms with Crippen LogP contribution >= 0.6 is 23.2 Å². The zero-order chi connectivity index (χ0) is 27.6. The largest absolute Gasteiger partial charge is 0.331 e. The molecule has 0 bridgehead atoms. The summed E-state index contributed by atoms with van der Waals surface area (Å²) in [5.41, 5.74) is 3.36. The number of anilines is 2. The van der Waals surface area contributed by atoms with Crippen LogP contribution < -0.4 is 14.9 Å².